The molecule has 0 radical (unpaired) electrons. The zero-order chi connectivity index (χ0) is 10.4. The number of likely N-dealkylation sites (N-methyl/N-ethyl adjacent to an activating group) is 1. The molecule has 0 aromatic carbocycles. The topological polar surface area (TPSA) is 28.2 Å². The molecule has 1 aromatic rings. The van der Waals surface area contributed by atoms with Crippen molar-refractivity contribution < 1.29 is 0 Å². The van der Waals surface area contributed by atoms with Gasteiger partial charge in [-0.3, -0.25) is 0 Å². The second-order valence-corrected chi connectivity index (χ2v) is 4.74. The van der Waals surface area contributed by atoms with Gasteiger partial charge in [-0.15, -0.1) is 11.3 Å². The zero-order valence-electron chi connectivity index (χ0n) is 9.21. The lowest BCUT2D eigenvalue weighted by Crippen LogP contribution is -2.28. The highest BCUT2D eigenvalue weighted by atomic mass is 32.1. The number of hydrogen-bond acceptors (Lipinski definition) is 4. The van der Waals surface area contributed by atoms with Crippen LogP contribution in [0.2, 0.25) is 0 Å². The van der Waals surface area contributed by atoms with Crippen LogP contribution in [0.5, 0.6) is 0 Å². The van der Waals surface area contributed by atoms with E-state index in [0.29, 0.717) is 0 Å². The van der Waals surface area contributed by atoms with E-state index in [1.807, 2.05) is 13.1 Å². The second kappa shape index (κ2) is 6.11. The lowest BCUT2D eigenvalue weighted by Gasteiger charge is -2.13. The maximum Gasteiger partial charge on any atom is 0.0897 e. The first kappa shape index (κ1) is 11.6. The van der Waals surface area contributed by atoms with Crippen LogP contribution in [-0.4, -0.2) is 36.6 Å². The smallest absolute Gasteiger partial charge is 0.0897 e. The minimum Gasteiger partial charge on any atom is -0.311 e. The summed E-state index contributed by atoms with van der Waals surface area (Å²) < 4.78 is 0. The Hall–Kier alpha value is -0.450. The summed E-state index contributed by atoms with van der Waals surface area (Å²) in [6.45, 7) is 8.42. The SMILES string of the molecule is CCN(C)CCNCc1cnc(C)s1. The van der Waals surface area contributed by atoms with Crippen molar-refractivity contribution in [2.24, 2.45) is 0 Å². The molecule has 4 heteroatoms. The summed E-state index contributed by atoms with van der Waals surface area (Å²) in [5.41, 5.74) is 0. The summed E-state index contributed by atoms with van der Waals surface area (Å²) in [4.78, 5) is 7.83. The van der Waals surface area contributed by atoms with Gasteiger partial charge in [-0.2, -0.15) is 0 Å². The van der Waals surface area contributed by atoms with Crippen LogP contribution in [0.1, 0.15) is 16.8 Å². The predicted octanol–water partition coefficient (Wildman–Crippen LogP) is 1.49. The summed E-state index contributed by atoms with van der Waals surface area (Å²) >= 11 is 1.77. The maximum atomic E-state index is 4.21. The highest BCUT2D eigenvalue weighted by Crippen LogP contribution is 2.10. The number of hydrogen-bond donors (Lipinski definition) is 1. The largest absolute Gasteiger partial charge is 0.311 e. The van der Waals surface area contributed by atoms with Crippen molar-refractivity contribution in [3.8, 4) is 0 Å². The van der Waals surface area contributed by atoms with Crippen LogP contribution in [0.25, 0.3) is 0 Å². The van der Waals surface area contributed by atoms with Gasteiger partial charge in [0.25, 0.3) is 0 Å². The molecular weight excluding hydrogens is 194 g/mol. The summed E-state index contributed by atoms with van der Waals surface area (Å²) in [5, 5.41) is 4.55. The fraction of sp³-hybridized carbons (Fsp3) is 0.700. The van der Waals surface area contributed by atoms with Crippen LogP contribution < -0.4 is 5.32 Å². The molecule has 0 amide bonds. The number of nitrogens with zero attached hydrogens (tertiary/aromatic N) is 2. The van der Waals surface area contributed by atoms with Crippen molar-refractivity contribution in [3.63, 3.8) is 0 Å². The molecule has 80 valence electrons. The Kier molecular flexibility index (Phi) is 5.07. The molecular formula is C10H19N3S. The van der Waals surface area contributed by atoms with E-state index in [1.54, 1.807) is 11.3 Å². The molecule has 0 fully saturated rings. The van der Waals surface area contributed by atoms with Crippen LogP contribution in [0.3, 0.4) is 0 Å². The predicted molar refractivity (Wildman–Crippen MR) is 61.7 cm³/mol. The third kappa shape index (κ3) is 4.17. The Morgan fingerprint density at radius 2 is 2.36 bits per heavy atom. The van der Waals surface area contributed by atoms with Gasteiger partial charge in [0.15, 0.2) is 0 Å². The average molecular weight is 213 g/mol. The zero-order valence-corrected chi connectivity index (χ0v) is 10.0. The summed E-state index contributed by atoms with van der Waals surface area (Å²) in [7, 11) is 2.14. The second-order valence-electron chi connectivity index (χ2n) is 3.42. The summed E-state index contributed by atoms with van der Waals surface area (Å²) in [6.07, 6.45) is 1.95. The quantitative estimate of drug-likeness (QED) is 0.726. The van der Waals surface area contributed by atoms with Crippen molar-refractivity contribution in [2.75, 3.05) is 26.7 Å². The van der Waals surface area contributed by atoms with E-state index in [-0.39, 0.29) is 0 Å². The summed E-state index contributed by atoms with van der Waals surface area (Å²) in [6, 6.07) is 0. The normalized spacial score (nSPS) is 11.1. The maximum absolute atomic E-state index is 4.21. The Labute approximate surface area is 90.2 Å². The average Bonchev–Trinajstić information content (AvgIpc) is 2.58. The Balaban J connectivity index is 2.10. The van der Waals surface area contributed by atoms with E-state index < -0.39 is 0 Å². The molecule has 0 aliphatic heterocycles. The van der Waals surface area contributed by atoms with Gasteiger partial charge >= 0.3 is 0 Å². The van der Waals surface area contributed by atoms with Gasteiger partial charge in [0.1, 0.15) is 0 Å². The third-order valence-electron chi connectivity index (χ3n) is 2.18. The molecule has 0 saturated heterocycles. The molecule has 14 heavy (non-hydrogen) atoms. The van der Waals surface area contributed by atoms with Crippen molar-refractivity contribution in [2.45, 2.75) is 20.4 Å². The number of rotatable bonds is 6. The molecule has 0 aliphatic rings. The Bertz CT molecular complexity index is 260. The first-order valence-electron chi connectivity index (χ1n) is 5.03. The minimum atomic E-state index is 0.947. The molecule has 1 aromatic heterocycles. The number of thiazole rings is 1. The molecule has 1 rings (SSSR count). The van der Waals surface area contributed by atoms with Crippen LogP contribution in [0, 0.1) is 6.92 Å². The van der Waals surface area contributed by atoms with E-state index in [2.05, 4.69) is 29.2 Å². The number of aryl methyl sites for hydroxylation is 1. The molecule has 1 N–H and O–H groups in total. The molecule has 0 saturated carbocycles. The molecule has 0 spiro atoms. The van der Waals surface area contributed by atoms with Gasteiger partial charge in [-0.1, -0.05) is 6.92 Å². The van der Waals surface area contributed by atoms with Gasteiger partial charge in [0.05, 0.1) is 5.01 Å². The van der Waals surface area contributed by atoms with Crippen molar-refractivity contribution in [1.82, 2.24) is 15.2 Å². The molecule has 0 atom stereocenters. The van der Waals surface area contributed by atoms with E-state index >= 15 is 0 Å². The number of aromatic nitrogens is 1. The van der Waals surface area contributed by atoms with Crippen LogP contribution in [0.15, 0.2) is 6.20 Å². The monoisotopic (exact) mass is 213 g/mol. The lowest BCUT2D eigenvalue weighted by atomic mass is 10.5. The van der Waals surface area contributed by atoms with Crippen LogP contribution >= 0.6 is 11.3 Å². The fourth-order valence-corrected chi connectivity index (χ4v) is 1.89. The Morgan fingerprint density at radius 3 is 2.93 bits per heavy atom. The third-order valence-corrected chi connectivity index (χ3v) is 3.09. The molecule has 0 bridgehead atoms. The van der Waals surface area contributed by atoms with Gasteiger partial charge in [-0.25, -0.2) is 4.98 Å². The number of nitrogens with one attached hydrogen (secondary N) is 1. The highest BCUT2D eigenvalue weighted by Gasteiger charge is 1.97. The van der Waals surface area contributed by atoms with Crippen LogP contribution in [0.4, 0.5) is 0 Å². The van der Waals surface area contributed by atoms with Crippen molar-refractivity contribution >= 4 is 11.3 Å². The minimum absolute atomic E-state index is 0.947. The summed E-state index contributed by atoms with van der Waals surface area (Å²) in [5.74, 6) is 0. The first-order chi connectivity index (χ1) is 6.72. The van der Waals surface area contributed by atoms with E-state index in [0.717, 1.165) is 31.2 Å². The highest BCUT2D eigenvalue weighted by molar-refractivity contribution is 7.11. The van der Waals surface area contributed by atoms with Crippen molar-refractivity contribution in [1.29, 1.82) is 0 Å². The lowest BCUT2D eigenvalue weighted by molar-refractivity contribution is 0.349. The Morgan fingerprint density at radius 1 is 1.57 bits per heavy atom. The van der Waals surface area contributed by atoms with Gasteiger partial charge in [0, 0.05) is 30.7 Å². The van der Waals surface area contributed by atoms with E-state index in [9.17, 15) is 0 Å². The molecule has 0 unspecified atom stereocenters. The van der Waals surface area contributed by atoms with Crippen LogP contribution in [-0.2, 0) is 6.54 Å². The standard InChI is InChI=1S/C10H19N3S/c1-4-13(3)6-5-11-7-10-8-12-9(2)14-10/h8,11H,4-7H2,1-3H3. The van der Waals surface area contributed by atoms with Crippen molar-refractivity contribution in [3.05, 3.63) is 16.1 Å². The molecule has 1 heterocycles. The van der Waals surface area contributed by atoms with Gasteiger partial charge < -0.3 is 10.2 Å². The van der Waals surface area contributed by atoms with E-state index in [4.69, 9.17) is 0 Å². The van der Waals surface area contributed by atoms with Gasteiger partial charge in [0.2, 0.25) is 0 Å². The molecule has 0 aliphatic carbocycles. The van der Waals surface area contributed by atoms with E-state index in [1.165, 1.54) is 4.88 Å². The van der Waals surface area contributed by atoms with Gasteiger partial charge in [-0.05, 0) is 20.5 Å². The fourth-order valence-electron chi connectivity index (χ4n) is 1.13. The first-order valence-corrected chi connectivity index (χ1v) is 5.84. The molecule has 3 nitrogen and oxygen atoms in total.